The quantitative estimate of drug-likeness (QED) is 0.681. The van der Waals surface area contributed by atoms with Gasteiger partial charge in [-0.1, -0.05) is 20.8 Å². The molecule has 0 atom stereocenters. The van der Waals surface area contributed by atoms with Crippen LogP contribution < -0.4 is 10.2 Å². The van der Waals surface area contributed by atoms with Crippen molar-refractivity contribution in [1.29, 1.82) is 0 Å². The molecular weight excluding hydrogens is 268 g/mol. The molecule has 20 heavy (non-hydrogen) atoms. The Balaban J connectivity index is 2.43. The largest absolute Gasteiger partial charge is 0.348 e. The summed E-state index contributed by atoms with van der Waals surface area (Å²) in [5, 5.41) is 4.52. The second kappa shape index (κ2) is 10.1. The highest BCUT2D eigenvalue weighted by Crippen LogP contribution is 2.22. The molecule has 0 aliphatic rings. The molecule has 0 bridgehead atoms. The van der Waals surface area contributed by atoms with Gasteiger partial charge in [0, 0.05) is 30.7 Å². The highest BCUT2D eigenvalue weighted by molar-refractivity contribution is 7.15. The normalized spacial score (nSPS) is 11.2. The van der Waals surface area contributed by atoms with Crippen molar-refractivity contribution in [3.8, 4) is 0 Å². The van der Waals surface area contributed by atoms with E-state index in [1.54, 1.807) is 0 Å². The third-order valence-electron chi connectivity index (χ3n) is 3.54. The minimum absolute atomic E-state index is 0.936. The maximum atomic E-state index is 4.57. The van der Waals surface area contributed by atoms with Crippen LogP contribution >= 0.6 is 11.3 Å². The van der Waals surface area contributed by atoms with Crippen molar-refractivity contribution in [1.82, 2.24) is 15.2 Å². The van der Waals surface area contributed by atoms with E-state index >= 15 is 0 Å². The molecule has 0 aliphatic carbocycles. The second-order valence-electron chi connectivity index (χ2n) is 4.85. The molecule has 116 valence electrons. The van der Waals surface area contributed by atoms with Gasteiger partial charge in [-0.05, 0) is 39.5 Å². The summed E-state index contributed by atoms with van der Waals surface area (Å²) in [6.45, 7) is 16.4. The summed E-state index contributed by atoms with van der Waals surface area (Å²) in [4.78, 5) is 10.8. The van der Waals surface area contributed by atoms with E-state index in [1.807, 2.05) is 17.5 Å². The van der Waals surface area contributed by atoms with Crippen LogP contribution in [0.15, 0.2) is 6.20 Å². The average Bonchev–Trinajstić information content (AvgIpc) is 2.94. The molecule has 1 aromatic heterocycles. The molecule has 0 aliphatic heterocycles. The Bertz CT molecular complexity index is 349. The maximum absolute atomic E-state index is 4.57. The standard InChI is InChI=1S/C15H30N4S/c1-5-16-12-14-13-17-15(20-14)19(8-4)11-9-10-18(6-2)7-3/h13,16H,5-12H2,1-4H3. The Kier molecular flexibility index (Phi) is 8.82. The van der Waals surface area contributed by atoms with Gasteiger partial charge in [-0.25, -0.2) is 4.98 Å². The van der Waals surface area contributed by atoms with Crippen LogP contribution in [0.25, 0.3) is 0 Å². The van der Waals surface area contributed by atoms with E-state index in [4.69, 9.17) is 0 Å². The van der Waals surface area contributed by atoms with Crippen molar-refractivity contribution < 1.29 is 0 Å². The van der Waals surface area contributed by atoms with Crippen molar-refractivity contribution >= 4 is 16.5 Å². The minimum atomic E-state index is 0.936. The van der Waals surface area contributed by atoms with Crippen LogP contribution in [0.4, 0.5) is 5.13 Å². The molecule has 0 aromatic carbocycles. The number of nitrogens with one attached hydrogen (secondary N) is 1. The highest BCUT2D eigenvalue weighted by Gasteiger charge is 2.10. The molecule has 1 rings (SSSR count). The van der Waals surface area contributed by atoms with E-state index in [2.05, 4.69) is 47.8 Å². The van der Waals surface area contributed by atoms with E-state index < -0.39 is 0 Å². The molecule has 1 N–H and O–H groups in total. The Labute approximate surface area is 128 Å². The lowest BCUT2D eigenvalue weighted by Gasteiger charge is -2.23. The molecule has 1 aromatic rings. The molecule has 0 unspecified atom stereocenters. The first-order valence-corrected chi connectivity index (χ1v) is 8.69. The third kappa shape index (κ3) is 5.77. The van der Waals surface area contributed by atoms with Crippen molar-refractivity contribution in [3.63, 3.8) is 0 Å². The molecule has 5 heteroatoms. The van der Waals surface area contributed by atoms with E-state index in [1.165, 1.54) is 23.0 Å². The van der Waals surface area contributed by atoms with Crippen molar-refractivity contribution in [2.45, 2.75) is 40.7 Å². The number of thiazole rings is 1. The number of rotatable bonds is 11. The summed E-state index contributed by atoms with van der Waals surface area (Å²) < 4.78 is 0. The molecule has 0 radical (unpaired) electrons. The number of hydrogen-bond donors (Lipinski definition) is 1. The number of nitrogens with zero attached hydrogens (tertiary/aromatic N) is 3. The first kappa shape index (κ1) is 17.4. The van der Waals surface area contributed by atoms with Gasteiger partial charge in [0.1, 0.15) is 0 Å². The fourth-order valence-corrected chi connectivity index (χ4v) is 3.16. The molecule has 0 spiro atoms. The summed E-state index contributed by atoms with van der Waals surface area (Å²) in [5.41, 5.74) is 0. The smallest absolute Gasteiger partial charge is 0.185 e. The molecule has 4 nitrogen and oxygen atoms in total. The van der Waals surface area contributed by atoms with Crippen LogP contribution in [0.5, 0.6) is 0 Å². The minimum Gasteiger partial charge on any atom is -0.348 e. The van der Waals surface area contributed by atoms with Crippen molar-refractivity contribution in [2.24, 2.45) is 0 Å². The van der Waals surface area contributed by atoms with Crippen LogP contribution in [0.1, 0.15) is 39.0 Å². The Morgan fingerprint density at radius 2 is 1.85 bits per heavy atom. The zero-order chi connectivity index (χ0) is 14.8. The van der Waals surface area contributed by atoms with Gasteiger partial charge in [0.2, 0.25) is 0 Å². The lowest BCUT2D eigenvalue weighted by atomic mass is 10.3. The van der Waals surface area contributed by atoms with Crippen LogP contribution in [0.2, 0.25) is 0 Å². The predicted molar refractivity (Wildman–Crippen MR) is 89.8 cm³/mol. The predicted octanol–water partition coefficient (Wildman–Crippen LogP) is 2.81. The fraction of sp³-hybridized carbons (Fsp3) is 0.800. The first-order valence-electron chi connectivity index (χ1n) is 7.87. The average molecular weight is 298 g/mol. The van der Waals surface area contributed by atoms with Gasteiger partial charge in [-0.2, -0.15) is 0 Å². The Hall–Kier alpha value is -0.650. The van der Waals surface area contributed by atoms with Crippen molar-refractivity contribution in [2.75, 3.05) is 44.2 Å². The highest BCUT2D eigenvalue weighted by atomic mass is 32.1. The third-order valence-corrected chi connectivity index (χ3v) is 4.60. The van der Waals surface area contributed by atoms with Crippen LogP contribution in [-0.4, -0.2) is 49.2 Å². The van der Waals surface area contributed by atoms with Gasteiger partial charge in [-0.3, -0.25) is 0 Å². The summed E-state index contributed by atoms with van der Waals surface area (Å²) >= 11 is 1.81. The van der Waals surface area contributed by atoms with Gasteiger partial charge in [0.15, 0.2) is 5.13 Å². The second-order valence-corrected chi connectivity index (χ2v) is 5.94. The van der Waals surface area contributed by atoms with Gasteiger partial charge < -0.3 is 15.1 Å². The van der Waals surface area contributed by atoms with Gasteiger partial charge in [-0.15, -0.1) is 11.3 Å². The topological polar surface area (TPSA) is 31.4 Å². The summed E-state index contributed by atoms with van der Waals surface area (Å²) in [6, 6.07) is 0. The molecule has 0 fully saturated rings. The number of anilines is 1. The first-order chi connectivity index (χ1) is 9.74. The van der Waals surface area contributed by atoms with E-state index in [9.17, 15) is 0 Å². The van der Waals surface area contributed by atoms with Crippen LogP contribution in [-0.2, 0) is 6.54 Å². The van der Waals surface area contributed by atoms with E-state index in [0.29, 0.717) is 0 Å². The summed E-state index contributed by atoms with van der Waals surface area (Å²) in [5.74, 6) is 0. The zero-order valence-electron chi connectivity index (χ0n) is 13.5. The Morgan fingerprint density at radius 1 is 1.10 bits per heavy atom. The fourth-order valence-electron chi connectivity index (χ4n) is 2.19. The van der Waals surface area contributed by atoms with Crippen LogP contribution in [0.3, 0.4) is 0 Å². The van der Waals surface area contributed by atoms with E-state index in [0.717, 1.165) is 39.3 Å². The molecule has 0 saturated heterocycles. The maximum Gasteiger partial charge on any atom is 0.185 e. The number of aromatic nitrogens is 1. The molecular formula is C15H30N4S. The SMILES string of the molecule is CCNCc1cnc(N(CC)CCCN(CC)CC)s1. The number of hydrogen-bond acceptors (Lipinski definition) is 5. The van der Waals surface area contributed by atoms with E-state index in [-0.39, 0.29) is 0 Å². The lowest BCUT2D eigenvalue weighted by Crippen LogP contribution is -2.29. The summed E-state index contributed by atoms with van der Waals surface area (Å²) in [7, 11) is 0. The summed E-state index contributed by atoms with van der Waals surface area (Å²) in [6.07, 6.45) is 3.22. The van der Waals surface area contributed by atoms with Crippen LogP contribution in [0, 0.1) is 0 Å². The molecule has 0 amide bonds. The van der Waals surface area contributed by atoms with Crippen molar-refractivity contribution in [3.05, 3.63) is 11.1 Å². The zero-order valence-corrected chi connectivity index (χ0v) is 14.3. The monoisotopic (exact) mass is 298 g/mol. The molecule has 0 saturated carbocycles. The molecule has 1 heterocycles. The Morgan fingerprint density at radius 3 is 2.45 bits per heavy atom. The van der Waals surface area contributed by atoms with Gasteiger partial charge in [0.05, 0.1) is 0 Å². The van der Waals surface area contributed by atoms with Gasteiger partial charge >= 0.3 is 0 Å². The van der Waals surface area contributed by atoms with Gasteiger partial charge in [0.25, 0.3) is 0 Å². The lowest BCUT2D eigenvalue weighted by molar-refractivity contribution is 0.301.